The van der Waals surface area contributed by atoms with Crippen LogP contribution in [-0.2, 0) is 0 Å². The predicted molar refractivity (Wildman–Crippen MR) is 50.2 cm³/mol. The van der Waals surface area contributed by atoms with Gasteiger partial charge in [0, 0.05) is 0 Å². The van der Waals surface area contributed by atoms with Crippen molar-refractivity contribution in [2.45, 2.75) is 20.8 Å². The molecule has 0 amide bonds. The first kappa shape index (κ1) is 9.27. The van der Waals surface area contributed by atoms with E-state index in [1.54, 1.807) is 0 Å². The molecule has 1 N–H and O–H groups in total. The Morgan fingerprint density at radius 2 is 1.58 bits per heavy atom. The lowest BCUT2D eigenvalue weighted by Crippen LogP contribution is -2.18. The third-order valence-electron chi connectivity index (χ3n) is 1.76. The first-order valence-electron chi connectivity index (χ1n) is 4.13. The molecule has 0 aliphatic carbocycles. The monoisotopic (exact) mass is 163 g/mol. The number of hydrogen-bond donors (Lipinski definition) is 1. The summed E-state index contributed by atoms with van der Waals surface area (Å²) in [5.41, 5.74) is 0.742. The van der Waals surface area contributed by atoms with Gasteiger partial charge in [-0.25, -0.2) is 0 Å². The van der Waals surface area contributed by atoms with E-state index in [1.165, 1.54) is 0 Å². The van der Waals surface area contributed by atoms with Crippen LogP contribution >= 0.6 is 0 Å². The molecule has 0 aliphatic heterocycles. The van der Waals surface area contributed by atoms with Gasteiger partial charge in [0.15, 0.2) is 0 Å². The highest BCUT2D eigenvalue weighted by Gasteiger charge is 2.24. The summed E-state index contributed by atoms with van der Waals surface area (Å²) in [6.45, 7) is 5.99. The van der Waals surface area contributed by atoms with Crippen LogP contribution in [0.1, 0.15) is 26.3 Å². The molecule has 0 fully saturated rings. The fourth-order valence-corrected chi connectivity index (χ4v) is 1.03. The Balaban J connectivity index is 2.86. The average molecular weight is 163 g/mol. The zero-order chi connectivity index (χ0) is 9.19. The zero-order valence-electron chi connectivity index (χ0n) is 7.83. The van der Waals surface area contributed by atoms with Gasteiger partial charge in [-0.15, -0.1) is 0 Å². The van der Waals surface area contributed by atoms with Crippen molar-refractivity contribution >= 4 is 0 Å². The molecule has 1 rings (SSSR count). The summed E-state index contributed by atoms with van der Waals surface area (Å²) in [6, 6.07) is 9.63. The van der Waals surface area contributed by atoms with Crippen molar-refractivity contribution < 1.29 is 5.11 Å². The fraction of sp³-hybridized carbons (Fsp3) is 0.364. The van der Waals surface area contributed by atoms with Crippen LogP contribution in [0, 0.1) is 11.5 Å². The maximum absolute atomic E-state index is 9.77. The van der Waals surface area contributed by atoms with Crippen LogP contribution in [0.25, 0.3) is 0 Å². The Morgan fingerprint density at radius 1 is 1.08 bits per heavy atom. The van der Waals surface area contributed by atoms with Gasteiger partial charge >= 0.3 is 0 Å². The second-order valence-electron chi connectivity index (χ2n) is 3.96. The Labute approximate surface area is 74.1 Å². The summed E-state index contributed by atoms with van der Waals surface area (Å²) in [5.74, 6) is 0. The minimum absolute atomic E-state index is 0.165. The molecule has 0 atom stereocenters. The van der Waals surface area contributed by atoms with Crippen LogP contribution in [-0.4, -0.2) is 5.11 Å². The molecule has 12 heavy (non-hydrogen) atoms. The molecule has 0 saturated carbocycles. The van der Waals surface area contributed by atoms with Crippen molar-refractivity contribution in [3.8, 4) is 0 Å². The third kappa shape index (κ3) is 2.08. The average Bonchev–Trinajstić information content (AvgIpc) is 2.03. The van der Waals surface area contributed by atoms with Gasteiger partial charge in [-0.05, 0) is 11.0 Å². The molecule has 0 unspecified atom stereocenters. The van der Waals surface area contributed by atoms with Crippen molar-refractivity contribution in [2.75, 3.05) is 0 Å². The second kappa shape index (κ2) is 3.28. The number of benzene rings is 1. The van der Waals surface area contributed by atoms with E-state index >= 15 is 0 Å². The third-order valence-corrected chi connectivity index (χ3v) is 1.76. The van der Waals surface area contributed by atoms with Gasteiger partial charge in [-0.3, -0.25) is 0 Å². The van der Waals surface area contributed by atoms with E-state index in [2.05, 4.69) is 0 Å². The van der Waals surface area contributed by atoms with Crippen molar-refractivity contribution in [3.05, 3.63) is 42.0 Å². The van der Waals surface area contributed by atoms with E-state index in [9.17, 15) is 5.11 Å². The van der Waals surface area contributed by atoms with Crippen molar-refractivity contribution in [3.63, 3.8) is 0 Å². The zero-order valence-corrected chi connectivity index (χ0v) is 7.83. The van der Waals surface area contributed by atoms with Gasteiger partial charge in [0.2, 0.25) is 0 Å². The van der Waals surface area contributed by atoms with Gasteiger partial charge in [-0.2, -0.15) is 0 Å². The van der Waals surface area contributed by atoms with E-state index < -0.39 is 0 Å². The number of aliphatic hydroxyl groups excluding tert-OH is 1. The molecule has 1 heteroatoms. The van der Waals surface area contributed by atoms with E-state index in [-0.39, 0.29) is 5.41 Å². The Morgan fingerprint density at radius 3 is 2.00 bits per heavy atom. The summed E-state index contributed by atoms with van der Waals surface area (Å²) in [6.07, 6.45) is 0.447. The smallest absolute Gasteiger partial charge is 0.128 e. The van der Waals surface area contributed by atoms with Crippen molar-refractivity contribution in [1.29, 1.82) is 0 Å². The lowest BCUT2D eigenvalue weighted by Gasteiger charge is -2.24. The quantitative estimate of drug-likeness (QED) is 0.674. The van der Waals surface area contributed by atoms with E-state index in [4.69, 9.17) is 0 Å². The molecular formula is C11H15O. The summed E-state index contributed by atoms with van der Waals surface area (Å²) < 4.78 is 0. The lowest BCUT2D eigenvalue weighted by atomic mass is 9.85. The molecule has 0 aliphatic rings. The van der Waals surface area contributed by atoms with Crippen molar-refractivity contribution in [1.82, 2.24) is 0 Å². The fourth-order valence-electron chi connectivity index (χ4n) is 1.03. The molecule has 1 aromatic carbocycles. The van der Waals surface area contributed by atoms with Gasteiger partial charge < -0.3 is 5.11 Å². The summed E-state index contributed by atoms with van der Waals surface area (Å²) in [5, 5.41) is 9.77. The first-order chi connectivity index (χ1) is 5.52. The lowest BCUT2D eigenvalue weighted by molar-refractivity contribution is 0.203. The van der Waals surface area contributed by atoms with E-state index in [0.29, 0.717) is 6.10 Å². The largest absolute Gasteiger partial charge is 0.381 e. The highest BCUT2D eigenvalue weighted by Crippen LogP contribution is 2.30. The van der Waals surface area contributed by atoms with Gasteiger partial charge in [-0.1, -0.05) is 51.1 Å². The topological polar surface area (TPSA) is 20.2 Å². The molecule has 1 radical (unpaired) electrons. The standard InChI is InChI=1S/C11H15O/c1-11(2,3)10(12)9-7-5-4-6-8-9/h4-8,12H,1-3H3. The number of aliphatic hydroxyl groups is 1. The molecule has 65 valence electrons. The van der Waals surface area contributed by atoms with Gasteiger partial charge in [0.25, 0.3) is 0 Å². The minimum Gasteiger partial charge on any atom is -0.381 e. The van der Waals surface area contributed by atoms with Crippen molar-refractivity contribution in [2.24, 2.45) is 5.41 Å². The number of rotatable bonds is 1. The van der Waals surface area contributed by atoms with Crippen LogP contribution in [0.3, 0.4) is 0 Å². The number of hydrogen-bond acceptors (Lipinski definition) is 1. The molecule has 0 saturated heterocycles. The highest BCUT2D eigenvalue weighted by molar-refractivity contribution is 5.28. The summed E-state index contributed by atoms with van der Waals surface area (Å²) in [7, 11) is 0. The molecular weight excluding hydrogens is 148 g/mol. The Hall–Kier alpha value is -0.820. The van der Waals surface area contributed by atoms with Gasteiger partial charge in [0.05, 0.1) is 0 Å². The Bertz CT molecular complexity index is 233. The highest BCUT2D eigenvalue weighted by atomic mass is 16.3. The molecule has 0 spiro atoms. The molecule has 1 aromatic rings. The normalized spacial score (nSPS) is 12.1. The SMILES string of the molecule is CC(C)(C)[C](O)c1ccccc1. The minimum atomic E-state index is -0.165. The summed E-state index contributed by atoms with van der Waals surface area (Å²) in [4.78, 5) is 0. The van der Waals surface area contributed by atoms with E-state index in [1.807, 2.05) is 51.1 Å². The van der Waals surface area contributed by atoms with E-state index in [0.717, 1.165) is 5.56 Å². The van der Waals surface area contributed by atoms with Crippen LogP contribution in [0.2, 0.25) is 0 Å². The Kier molecular flexibility index (Phi) is 2.53. The maximum atomic E-state index is 9.77. The van der Waals surface area contributed by atoms with Crippen LogP contribution in [0.4, 0.5) is 0 Å². The molecule has 0 bridgehead atoms. The van der Waals surface area contributed by atoms with Gasteiger partial charge in [0.1, 0.15) is 6.10 Å². The first-order valence-corrected chi connectivity index (χ1v) is 4.13. The van der Waals surface area contributed by atoms with Crippen LogP contribution in [0.15, 0.2) is 30.3 Å². The van der Waals surface area contributed by atoms with Crippen LogP contribution in [0.5, 0.6) is 0 Å². The molecule has 0 aromatic heterocycles. The maximum Gasteiger partial charge on any atom is 0.128 e. The van der Waals surface area contributed by atoms with Crippen LogP contribution < -0.4 is 0 Å². The molecule has 0 heterocycles. The molecule has 1 nitrogen and oxygen atoms in total. The predicted octanol–water partition coefficient (Wildman–Crippen LogP) is 2.99. The second-order valence-corrected chi connectivity index (χ2v) is 3.96. The summed E-state index contributed by atoms with van der Waals surface area (Å²) >= 11 is 0.